The number of thiophene rings is 1. The van der Waals surface area contributed by atoms with Crippen molar-refractivity contribution in [3.05, 3.63) is 17.8 Å². The zero-order valence-corrected chi connectivity index (χ0v) is 9.50. The van der Waals surface area contributed by atoms with E-state index >= 15 is 0 Å². The second kappa shape index (κ2) is 4.55. The van der Waals surface area contributed by atoms with Crippen molar-refractivity contribution < 1.29 is 0 Å². The van der Waals surface area contributed by atoms with E-state index in [1.54, 1.807) is 17.7 Å². The van der Waals surface area contributed by atoms with Crippen LogP contribution in [-0.4, -0.2) is 30.1 Å². The molecule has 0 saturated carbocycles. The van der Waals surface area contributed by atoms with Crippen LogP contribution < -0.4 is 10.6 Å². The highest BCUT2D eigenvalue weighted by Gasteiger charge is 2.08. The summed E-state index contributed by atoms with van der Waals surface area (Å²) in [5.41, 5.74) is 6.51. The zero-order chi connectivity index (χ0) is 10.7. The molecule has 5 heteroatoms. The molecule has 2 aromatic heterocycles. The minimum absolute atomic E-state index is 0.711. The average Bonchev–Trinajstić information content (AvgIpc) is 2.73. The Morgan fingerprint density at radius 1 is 1.47 bits per heavy atom. The van der Waals surface area contributed by atoms with Gasteiger partial charge >= 0.3 is 0 Å². The highest BCUT2D eigenvalue weighted by atomic mass is 32.1. The maximum absolute atomic E-state index is 5.49. The Morgan fingerprint density at radius 3 is 3.13 bits per heavy atom. The van der Waals surface area contributed by atoms with Crippen molar-refractivity contribution in [3.8, 4) is 0 Å². The molecule has 15 heavy (non-hydrogen) atoms. The molecule has 0 radical (unpaired) electrons. The van der Waals surface area contributed by atoms with Crippen LogP contribution in [0.25, 0.3) is 10.2 Å². The first-order valence-electron chi connectivity index (χ1n) is 4.92. The van der Waals surface area contributed by atoms with Gasteiger partial charge in [0.05, 0.1) is 10.2 Å². The van der Waals surface area contributed by atoms with E-state index in [-0.39, 0.29) is 0 Å². The number of nitrogens with two attached hydrogens (primary N) is 1. The Labute approximate surface area is 92.8 Å². The molecule has 2 N–H and O–H groups in total. The van der Waals surface area contributed by atoms with Crippen molar-refractivity contribution in [1.29, 1.82) is 0 Å². The van der Waals surface area contributed by atoms with E-state index < -0.39 is 0 Å². The van der Waals surface area contributed by atoms with Crippen molar-refractivity contribution in [2.75, 3.05) is 25.0 Å². The normalized spacial score (nSPS) is 10.8. The number of hydrogen-bond acceptors (Lipinski definition) is 5. The highest BCUT2D eigenvalue weighted by molar-refractivity contribution is 7.17. The lowest BCUT2D eigenvalue weighted by Gasteiger charge is -2.17. The second-order valence-corrected chi connectivity index (χ2v) is 4.31. The van der Waals surface area contributed by atoms with Crippen LogP contribution in [0.2, 0.25) is 0 Å². The lowest BCUT2D eigenvalue weighted by Crippen LogP contribution is -2.22. The summed E-state index contributed by atoms with van der Waals surface area (Å²) in [5.74, 6) is 1.00. The number of aromatic nitrogens is 2. The van der Waals surface area contributed by atoms with E-state index in [0.717, 1.165) is 29.0 Å². The number of rotatable bonds is 4. The van der Waals surface area contributed by atoms with Gasteiger partial charge in [-0.15, -0.1) is 11.3 Å². The van der Waals surface area contributed by atoms with Gasteiger partial charge in [0.2, 0.25) is 0 Å². The van der Waals surface area contributed by atoms with Crippen LogP contribution in [0.15, 0.2) is 17.8 Å². The molecular formula is C10H14N4S. The molecule has 0 aliphatic rings. The van der Waals surface area contributed by atoms with E-state index in [1.165, 1.54) is 0 Å². The molecule has 0 aromatic carbocycles. The summed E-state index contributed by atoms with van der Waals surface area (Å²) in [6.07, 6.45) is 2.59. The first-order chi connectivity index (χ1) is 7.33. The van der Waals surface area contributed by atoms with Crippen LogP contribution in [-0.2, 0) is 0 Å². The second-order valence-electron chi connectivity index (χ2n) is 3.40. The predicted octanol–water partition coefficient (Wildman–Crippen LogP) is 1.48. The maximum atomic E-state index is 5.49. The van der Waals surface area contributed by atoms with E-state index in [1.807, 2.05) is 18.5 Å². The standard InChI is InChI=1S/C10H14N4S/c1-14(5-2-4-11)10-9-8(3-6-15-9)12-7-13-10/h3,6-7H,2,4-5,11H2,1H3. The Kier molecular flexibility index (Phi) is 3.13. The molecule has 0 aliphatic carbocycles. The van der Waals surface area contributed by atoms with Crippen molar-refractivity contribution in [2.24, 2.45) is 5.73 Å². The summed E-state index contributed by atoms with van der Waals surface area (Å²) in [5, 5.41) is 2.04. The average molecular weight is 222 g/mol. The Morgan fingerprint density at radius 2 is 2.33 bits per heavy atom. The van der Waals surface area contributed by atoms with Crippen LogP contribution in [0.4, 0.5) is 5.82 Å². The summed E-state index contributed by atoms with van der Waals surface area (Å²) in [4.78, 5) is 10.7. The van der Waals surface area contributed by atoms with Crippen LogP contribution in [0.3, 0.4) is 0 Å². The number of hydrogen-bond donors (Lipinski definition) is 1. The van der Waals surface area contributed by atoms with Gasteiger partial charge in [-0.05, 0) is 24.4 Å². The van der Waals surface area contributed by atoms with Gasteiger partial charge in [-0.3, -0.25) is 0 Å². The maximum Gasteiger partial charge on any atom is 0.149 e. The molecule has 2 heterocycles. The molecule has 2 rings (SSSR count). The Hall–Kier alpha value is -1.20. The molecule has 0 bridgehead atoms. The fourth-order valence-electron chi connectivity index (χ4n) is 1.48. The van der Waals surface area contributed by atoms with Gasteiger partial charge in [-0.1, -0.05) is 0 Å². The first kappa shape index (κ1) is 10.3. The molecule has 0 spiro atoms. The summed E-state index contributed by atoms with van der Waals surface area (Å²) < 4.78 is 1.15. The predicted molar refractivity (Wildman–Crippen MR) is 64.4 cm³/mol. The lowest BCUT2D eigenvalue weighted by molar-refractivity contribution is 0.789. The molecule has 0 unspecified atom stereocenters. The smallest absolute Gasteiger partial charge is 0.149 e. The number of anilines is 1. The van der Waals surface area contributed by atoms with E-state index in [2.05, 4.69) is 14.9 Å². The van der Waals surface area contributed by atoms with Crippen molar-refractivity contribution in [2.45, 2.75) is 6.42 Å². The van der Waals surface area contributed by atoms with E-state index in [4.69, 9.17) is 5.73 Å². The van der Waals surface area contributed by atoms with Crippen LogP contribution in [0.1, 0.15) is 6.42 Å². The van der Waals surface area contributed by atoms with Gasteiger partial charge in [0, 0.05) is 13.6 Å². The topological polar surface area (TPSA) is 55.0 Å². The molecule has 80 valence electrons. The molecule has 0 saturated heterocycles. The monoisotopic (exact) mass is 222 g/mol. The largest absolute Gasteiger partial charge is 0.358 e. The van der Waals surface area contributed by atoms with E-state index in [9.17, 15) is 0 Å². The fourth-order valence-corrected chi connectivity index (χ4v) is 2.37. The third-order valence-corrected chi connectivity index (χ3v) is 3.18. The van der Waals surface area contributed by atoms with Crippen molar-refractivity contribution >= 4 is 27.4 Å². The van der Waals surface area contributed by atoms with Crippen molar-refractivity contribution in [3.63, 3.8) is 0 Å². The van der Waals surface area contributed by atoms with Gasteiger partial charge in [-0.2, -0.15) is 0 Å². The molecule has 0 atom stereocenters. The minimum Gasteiger partial charge on any atom is -0.358 e. The molecule has 0 fully saturated rings. The SMILES string of the molecule is CN(CCCN)c1ncnc2ccsc12. The molecule has 0 amide bonds. The third kappa shape index (κ3) is 2.08. The molecular weight excluding hydrogens is 208 g/mol. The molecule has 4 nitrogen and oxygen atoms in total. The fraction of sp³-hybridized carbons (Fsp3) is 0.400. The number of nitrogens with zero attached hydrogens (tertiary/aromatic N) is 3. The summed E-state index contributed by atoms with van der Waals surface area (Å²) in [6.45, 7) is 1.64. The van der Waals surface area contributed by atoms with Crippen LogP contribution >= 0.6 is 11.3 Å². The molecule has 0 aliphatic heterocycles. The lowest BCUT2D eigenvalue weighted by atomic mass is 10.3. The van der Waals surface area contributed by atoms with Gasteiger partial charge in [0.1, 0.15) is 12.1 Å². The summed E-state index contributed by atoms with van der Waals surface area (Å²) in [6, 6.07) is 2.02. The zero-order valence-electron chi connectivity index (χ0n) is 8.68. The van der Waals surface area contributed by atoms with E-state index in [0.29, 0.717) is 6.54 Å². The third-order valence-electron chi connectivity index (χ3n) is 2.28. The van der Waals surface area contributed by atoms with Crippen molar-refractivity contribution in [1.82, 2.24) is 9.97 Å². The Balaban J connectivity index is 2.29. The summed E-state index contributed by atoms with van der Waals surface area (Å²) in [7, 11) is 2.04. The van der Waals surface area contributed by atoms with Crippen LogP contribution in [0.5, 0.6) is 0 Å². The Bertz CT molecular complexity index is 440. The summed E-state index contributed by atoms with van der Waals surface area (Å²) >= 11 is 1.68. The van der Waals surface area contributed by atoms with Gasteiger partial charge in [0.25, 0.3) is 0 Å². The first-order valence-corrected chi connectivity index (χ1v) is 5.80. The van der Waals surface area contributed by atoms with Gasteiger partial charge in [0.15, 0.2) is 0 Å². The number of fused-ring (bicyclic) bond motifs is 1. The van der Waals surface area contributed by atoms with Gasteiger partial charge in [-0.25, -0.2) is 9.97 Å². The van der Waals surface area contributed by atoms with Gasteiger partial charge < -0.3 is 10.6 Å². The highest BCUT2D eigenvalue weighted by Crippen LogP contribution is 2.26. The molecule has 2 aromatic rings. The quantitative estimate of drug-likeness (QED) is 0.851. The minimum atomic E-state index is 0.711. The van der Waals surface area contributed by atoms with Crippen LogP contribution in [0, 0.1) is 0 Å².